The van der Waals surface area contributed by atoms with Gasteiger partial charge in [0.25, 0.3) is 0 Å². The molecule has 3 aromatic rings. The van der Waals surface area contributed by atoms with Crippen LogP contribution in [0.1, 0.15) is 16.1 Å². The molecule has 23 heavy (non-hydrogen) atoms. The molecule has 3 rings (SSSR count). The number of fused-ring (bicyclic) bond motifs is 1. The van der Waals surface area contributed by atoms with Gasteiger partial charge in [0.2, 0.25) is 0 Å². The van der Waals surface area contributed by atoms with Crippen LogP contribution in [-0.4, -0.2) is 22.9 Å². The highest BCUT2D eigenvalue weighted by Gasteiger charge is 2.13. The zero-order chi connectivity index (χ0) is 16.2. The van der Waals surface area contributed by atoms with Crippen molar-refractivity contribution in [3.05, 3.63) is 71.9 Å². The molecule has 0 amide bonds. The van der Waals surface area contributed by atoms with Gasteiger partial charge in [0.15, 0.2) is 12.4 Å². The summed E-state index contributed by atoms with van der Waals surface area (Å²) in [5, 5.41) is 1.08. The van der Waals surface area contributed by atoms with E-state index in [2.05, 4.69) is 0 Å². The summed E-state index contributed by atoms with van der Waals surface area (Å²) in [5.74, 6) is -0.619. The van der Waals surface area contributed by atoms with E-state index < -0.39 is 5.97 Å². The summed E-state index contributed by atoms with van der Waals surface area (Å²) in [5.41, 5.74) is 2.51. The van der Waals surface area contributed by atoms with Gasteiger partial charge in [0.1, 0.15) is 6.54 Å². The fourth-order valence-electron chi connectivity index (χ4n) is 2.59. The molecule has 0 aliphatic carbocycles. The van der Waals surface area contributed by atoms with Crippen molar-refractivity contribution in [3.63, 3.8) is 0 Å². The summed E-state index contributed by atoms with van der Waals surface area (Å²) in [6.45, 7) is 1.81. The minimum atomic E-state index is -0.418. The SMILES string of the molecule is Cc1cc2ccccc2n1CC(=O)OCC(=O)c1ccccc1. The summed E-state index contributed by atoms with van der Waals surface area (Å²) in [6.07, 6.45) is 0. The number of benzene rings is 2. The van der Waals surface area contributed by atoms with Crippen molar-refractivity contribution >= 4 is 22.7 Å². The molecule has 0 aliphatic rings. The van der Waals surface area contributed by atoms with E-state index in [1.807, 2.05) is 47.9 Å². The smallest absolute Gasteiger partial charge is 0.326 e. The average molecular weight is 307 g/mol. The number of ether oxygens (including phenoxy) is 1. The van der Waals surface area contributed by atoms with Gasteiger partial charge in [-0.1, -0.05) is 48.5 Å². The zero-order valence-electron chi connectivity index (χ0n) is 12.9. The van der Waals surface area contributed by atoms with Gasteiger partial charge in [0, 0.05) is 16.8 Å². The lowest BCUT2D eigenvalue weighted by Gasteiger charge is -2.08. The topological polar surface area (TPSA) is 48.3 Å². The second-order valence-corrected chi connectivity index (χ2v) is 5.38. The van der Waals surface area contributed by atoms with Crippen LogP contribution in [0.15, 0.2) is 60.7 Å². The van der Waals surface area contributed by atoms with Gasteiger partial charge in [-0.05, 0) is 24.4 Å². The number of para-hydroxylation sites is 1. The molecule has 0 unspecified atom stereocenters. The Morgan fingerprint density at radius 2 is 1.70 bits per heavy atom. The normalized spacial score (nSPS) is 10.7. The highest BCUT2D eigenvalue weighted by atomic mass is 16.5. The fraction of sp³-hybridized carbons (Fsp3) is 0.158. The van der Waals surface area contributed by atoms with Crippen LogP contribution in [0.2, 0.25) is 0 Å². The van der Waals surface area contributed by atoms with E-state index in [9.17, 15) is 9.59 Å². The van der Waals surface area contributed by atoms with E-state index in [4.69, 9.17) is 4.74 Å². The monoisotopic (exact) mass is 307 g/mol. The minimum absolute atomic E-state index is 0.0986. The first-order valence-corrected chi connectivity index (χ1v) is 7.44. The molecule has 4 heteroatoms. The molecule has 1 heterocycles. The number of nitrogens with zero attached hydrogens (tertiary/aromatic N) is 1. The van der Waals surface area contributed by atoms with Gasteiger partial charge in [0.05, 0.1) is 0 Å². The molecule has 0 fully saturated rings. The number of carbonyl (C=O) groups is 2. The largest absolute Gasteiger partial charge is 0.456 e. The van der Waals surface area contributed by atoms with Crippen LogP contribution in [0, 0.1) is 6.92 Å². The van der Waals surface area contributed by atoms with Crippen LogP contribution in [0.3, 0.4) is 0 Å². The summed E-state index contributed by atoms with van der Waals surface area (Å²) in [6, 6.07) is 18.7. The van der Waals surface area contributed by atoms with Crippen LogP contribution in [-0.2, 0) is 16.1 Å². The summed E-state index contributed by atoms with van der Waals surface area (Å²) < 4.78 is 7.02. The Balaban J connectivity index is 1.65. The van der Waals surface area contributed by atoms with Crippen LogP contribution in [0.5, 0.6) is 0 Å². The first kappa shape index (κ1) is 15.0. The molecule has 4 nitrogen and oxygen atoms in total. The molecule has 0 N–H and O–H groups in total. The van der Waals surface area contributed by atoms with Crippen LogP contribution in [0.4, 0.5) is 0 Å². The van der Waals surface area contributed by atoms with Crippen molar-refractivity contribution in [1.29, 1.82) is 0 Å². The van der Waals surface area contributed by atoms with E-state index in [0.29, 0.717) is 5.56 Å². The second kappa shape index (κ2) is 6.48. The quantitative estimate of drug-likeness (QED) is 0.536. The van der Waals surface area contributed by atoms with Crippen LogP contribution < -0.4 is 0 Å². The lowest BCUT2D eigenvalue weighted by atomic mass is 10.1. The first-order valence-electron chi connectivity index (χ1n) is 7.44. The molecule has 0 saturated heterocycles. The number of rotatable bonds is 5. The average Bonchev–Trinajstić information content (AvgIpc) is 2.89. The van der Waals surface area contributed by atoms with Gasteiger partial charge >= 0.3 is 5.97 Å². The number of aromatic nitrogens is 1. The van der Waals surface area contributed by atoms with E-state index in [0.717, 1.165) is 16.6 Å². The zero-order valence-corrected chi connectivity index (χ0v) is 12.9. The fourth-order valence-corrected chi connectivity index (χ4v) is 2.59. The second-order valence-electron chi connectivity index (χ2n) is 5.38. The van der Waals surface area contributed by atoms with E-state index in [1.54, 1.807) is 24.3 Å². The Labute approximate surface area is 134 Å². The molecule has 0 aliphatic heterocycles. The van der Waals surface area contributed by atoms with Crippen LogP contribution >= 0.6 is 0 Å². The highest BCUT2D eigenvalue weighted by Crippen LogP contribution is 2.19. The Morgan fingerprint density at radius 1 is 1.00 bits per heavy atom. The third-order valence-electron chi connectivity index (χ3n) is 3.76. The molecule has 116 valence electrons. The lowest BCUT2D eigenvalue weighted by Crippen LogP contribution is -2.18. The molecular formula is C19H17NO3. The first-order chi connectivity index (χ1) is 11.1. The van der Waals surface area contributed by atoms with Crippen LogP contribution in [0.25, 0.3) is 10.9 Å². The van der Waals surface area contributed by atoms with Gasteiger partial charge < -0.3 is 9.30 Å². The number of hydrogen-bond donors (Lipinski definition) is 0. The number of esters is 1. The molecule has 0 atom stereocenters. The van der Waals surface area contributed by atoms with Gasteiger partial charge in [-0.2, -0.15) is 0 Å². The summed E-state index contributed by atoms with van der Waals surface area (Å²) in [4.78, 5) is 24.0. The van der Waals surface area contributed by atoms with E-state index >= 15 is 0 Å². The third kappa shape index (κ3) is 3.31. The van der Waals surface area contributed by atoms with Crippen molar-refractivity contribution in [2.75, 3.05) is 6.61 Å². The van der Waals surface area contributed by atoms with Crippen molar-refractivity contribution in [2.24, 2.45) is 0 Å². The number of hydrogen-bond acceptors (Lipinski definition) is 3. The Hall–Kier alpha value is -2.88. The van der Waals surface area contributed by atoms with Crippen molar-refractivity contribution in [2.45, 2.75) is 13.5 Å². The molecule has 0 bridgehead atoms. The minimum Gasteiger partial charge on any atom is -0.456 e. The Morgan fingerprint density at radius 3 is 2.48 bits per heavy atom. The molecule has 0 saturated carbocycles. The van der Waals surface area contributed by atoms with Gasteiger partial charge in [-0.3, -0.25) is 9.59 Å². The van der Waals surface area contributed by atoms with E-state index in [1.165, 1.54) is 0 Å². The predicted octanol–water partition coefficient (Wildman–Crippen LogP) is 3.38. The lowest BCUT2D eigenvalue weighted by molar-refractivity contribution is -0.143. The number of ketones is 1. The number of Topliss-reactive ketones (excluding diaryl/α,β-unsaturated/α-hetero) is 1. The number of carbonyl (C=O) groups excluding carboxylic acids is 2. The molecule has 1 aromatic heterocycles. The summed E-state index contributed by atoms with van der Waals surface area (Å²) >= 11 is 0. The maximum absolute atomic E-state index is 12.0. The Bertz CT molecular complexity index is 849. The van der Waals surface area contributed by atoms with Gasteiger partial charge in [-0.25, -0.2) is 0 Å². The molecule has 0 radical (unpaired) electrons. The molecule has 2 aromatic carbocycles. The van der Waals surface area contributed by atoms with Crippen molar-refractivity contribution in [1.82, 2.24) is 4.57 Å². The standard InChI is InChI=1S/C19H17NO3/c1-14-11-16-9-5-6-10-17(16)20(14)12-19(22)23-13-18(21)15-7-3-2-4-8-15/h2-11H,12-13H2,1H3. The highest BCUT2D eigenvalue weighted by molar-refractivity contribution is 5.97. The third-order valence-corrected chi connectivity index (χ3v) is 3.76. The molecular weight excluding hydrogens is 290 g/mol. The maximum atomic E-state index is 12.0. The summed E-state index contributed by atoms with van der Waals surface area (Å²) in [7, 11) is 0. The maximum Gasteiger partial charge on any atom is 0.326 e. The predicted molar refractivity (Wildman–Crippen MR) is 88.4 cm³/mol. The number of aryl methyl sites for hydroxylation is 1. The van der Waals surface area contributed by atoms with Crippen molar-refractivity contribution < 1.29 is 14.3 Å². The van der Waals surface area contributed by atoms with Crippen molar-refractivity contribution in [3.8, 4) is 0 Å². The van der Waals surface area contributed by atoms with E-state index in [-0.39, 0.29) is 18.9 Å². The molecule has 0 spiro atoms. The Kier molecular flexibility index (Phi) is 4.24. The van der Waals surface area contributed by atoms with Gasteiger partial charge in [-0.15, -0.1) is 0 Å².